The summed E-state index contributed by atoms with van der Waals surface area (Å²) in [5.74, 6) is 0. The normalized spacial score (nSPS) is 11.6. The first-order chi connectivity index (χ1) is 8.83. The maximum absolute atomic E-state index is 11.7. The van der Waals surface area contributed by atoms with E-state index in [1.54, 1.807) is 0 Å². The molecule has 0 aliphatic heterocycles. The first-order valence-corrected chi connectivity index (χ1v) is 6.48. The van der Waals surface area contributed by atoms with E-state index in [1.807, 2.05) is 39.8 Å². The fourth-order valence-corrected chi connectivity index (χ4v) is 2.00. The second-order valence-electron chi connectivity index (χ2n) is 5.93. The van der Waals surface area contributed by atoms with Crippen molar-refractivity contribution < 1.29 is 4.79 Å². The van der Waals surface area contributed by atoms with Crippen molar-refractivity contribution in [1.82, 2.24) is 15.6 Å². The van der Waals surface area contributed by atoms with E-state index in [0.29, 0.717) is 6.54 Å². The predicted octanol–water partition coefficient (Wildman–Crippen LogP) is 3.07. The Morgan fingerprint density at radius 3 is 2.68 bits per heavy atom. The molecule has 4 heteroatoms. The lowest BCUT2D eigenvalue weighted by atomic mass is 10.1. The van der Waals surface area contributed by atoms with E-state index >= 15 is 0 Å². The number of urea groups is 1. The van der Waals surface area contributed by atoms with Gasteiger partial charge in [0, 0.05) is 23.3 Å². The smallest absolute Gasteiger partial charge is 0.315 e. The van der Waals surface area contributed by atoms with E-state index in [0.717, 1.165) is 16.8 Å². The minimum absolute atomic E-state index is 0.141. The third kappa shape index (κ3) is 3.74. The van der Waals surface area contributed by atoms with E-state index in [-0.39, 0.29) is 11.6 Å². The van der Waals surface area contributed by atoms with Gasteiger partial charge in [0.1, 0.15) is 0 Å². The lowest BCUT2D eigenvalue weighted by molar-refractivity contribution is 0.231. The molecule has 2 aromatic rings. The zero-order valence-corrected chi connectivity index (χ0v) is 11.9. The van der Waals surface area contributed by atoms with Crippen LogP contribution >= 0.6 is 0 Å². The summed E-state index contributed by atoms with van der Waals surface area (Å²) in [6.07, 6.45) is 0. The van der Waals surface area contributed by atoms with E-state index < -0.39 is 0 Å². The molecule has 0 unspecified atom stereocenters. The van der Waals surface area contributed by atoms with Gasteiger partial charge in [-0.3, -0.25) is 0 Å². The van der Waals surface area contributed by atoms with Crippen molar-refractivity contribution in [2.45, 2.75) is 39.8 Å². The molecule has 0 aliphatic rings. The first-order valence-electron chi connectivity index (χ1n) is 6.48. The third-order valence-corrected chi connectivity index (χ3v) is 2.76. The van der Waals surface area contributed by atoms with Gasteiger partial charge in [0.25, 0.3) is 0 Å². The van der Waals surface area contributed by atoms with Crippen LogP contribution in [0.15, 0.2) is 24.3 Å². The highest BCUT2D eigenvalue weighted by molar-refractivity contribution is 5.81. The largest absolute Gasteiger partial charge is 0.359 e. The van der Waals surface area contributed by atoms with Crippen LogP contribution in [0, 0.1) is 6.92 Å². The molecule has 3 N–H and O–H groups in total. The summed E-state index contributed by atoms with van der Waals surface area (Å²) in [6.45, 7) is 8.44. The molecule has 0 saturated heterocycles. The van der Waals surface area contributed by atoms with Crippen LogP contribution in [0.25, 0.3) is 10.9 Å². The fourth-order valence-electron chi connectivity index (χ4n) is 2.00. The summed E-state index contributed by atoms with van der Waals surface area (Å²) in [5.41, 5.74) is 3.15. The number of benzene rings is 1. The van der Waals surface area contributed by atoms with Crippen LogP contribution in [0.2, 0.25) is 0 Å². The minimum Gasteiger partial charge on any atom is -0.359 e. The molecule has 0 spiro atoms. The van der Waals surface area contributed by atoms with Crippen molar-refractivity contribution in [2.75, 3.05) is 0 Å². The van der Waals surface area contributed by atoms with Crippen LogP contribution < -0.4 is 10.6 Å². The van der Waals surface area contributed by atoms with Crippen LogP contribution in [0.1, 0.15) is 32.0 Å². The highest BCUT2D eigenvalue weighted by atomic mass is 16.2. The number of H-pyrrole nitrogens is 1. The van der Waals surface area contributed by atoms with Gasteiger partial charge in [0.05, 0.1) is 0 Å². The molecule has 4 nitrogen and oxygen atoms in total. The van der Waals surface area contributed by atoms with Crippen molar-refractivity contribution in [3.63, 3.8) is 0 Å². The van der Waals surface area contributed by atoms with Crippen LogP contribution in [-0.2, 0) is 6.54 Å². The first kappa shape index (κ1) is 13.5. The monoisotopic (exact) mass is 259 g/mol. The molecule has 0 atom stereocenters. The molecule has 102 valence electrons. The number of nitrogens with one attached hydrogen (secondary N) is 3. The number of carbonyl (C=O) groups excluding carboxylic acids is 1. The number of fused-ring (bicyclic) bond motifs is 1. The van der Waals surface area contributed by atoms with Gasteiger partial charge in [-0.05, 0) is 56.8 Å². The molecule has 0 radical (unpaired) electrons. The van der Waals surface area contributed by atoms with Gasteiger partial charge in [-0.15, -0.1) is 0 Å². The summed E-state index contributed by atoms with van der Waals surface area (Å²) in [5, 5.41) is 6.92. The summed E-state index contributed by atoms with van der Waals surface area (Å²) < 4.78 is 0. The number of amides is 2. The molecule has 1 heterocycles. The predicted molar refractivity (Wildman–Crippen MR) is 78.2 cm³/mol. The number of hydrogen-bond acceptors (Lipinski definition) is 1. The summed E-state index contributed by atoms with van der Waals surface area (Å²) >= 11 is 0. The topological polar surface area (TPSA) is 56.9 Å². The molecule has 0 aliphatic carbocycles. The lowest BCUT2D eigenvalue weighted by Gasteiger charge is -2.20. The van der Waals surface area contributed by atoms with Gasteiger partial charge < -0.3 is 15.6 Å². The lowest BCUT2D eigenvalue weighted by Crippen LogP contribution is -2.46. The molecule has 2 amide bonds. The molecule has 19 heavy (non-hydrogen) atoms. The van der Waals surface area contributed by atoms with Crippen LogP contribution in [-0.4, -0.2) is 16.6 Å². The second kappa shape index (κ2) is 4.96. The van der Waals surface area contributed by atoms with Gasteiger partial charge in [0.15, 0.2) is 0 Å². The van der Waals surface area contributed by atoms with Gasteiger partial charge in [-0.1, -0.05) is 6.07 Å². The van der Waals surface area contributed by atoms with Crippen molar-refractivity contribution in [3.8, 4) is 0 Å². The second-order valence-corrected chi connectivity index (χ2v) is 5.93. The molecular weight excluding hydrogens is 238 g/mol. The highest BCUT2D eigenvalue weighted by Crippen LogP contribution is 2.16. The Labute approximate surface area is 113 Å². The molecule has 0 fully saturated rings. The van der Waals surface area contributed by atoms with E-state index in [4.69, 9.17) is 0 Å². The molecule has 0 saturated carbocycles. The quantitative estimate of drug-likeness (QED) is 0.762. The molecule has 1 aromatic heterocycles. The number of hydrogen-bond donors (Lipinski definition) is 3. The maximum Gasteiger partial charge on any atom is 0.315 e. The van der Waals surface area contributed by atoms with Crippen LogP contribution in [0.5, 0.6) is 0 Å². The van der Waals surface area contributed by atoms with Crippen LogP contribution in [0.3, 0.4) is 0 Å². The number of rotatable bonds is 2. The maximum atomic E-state index is 11.7. The standard InChI is InChI=1S/C15H21N3O/c1-10-7-12-8-11(5-6-13(12)17-10)9-16-14(19)18-15(2,3)4/h5-8,17H,9H2,1-4H3,(H2,16,18,19). The Kier molecular flexibility index (Phi) is 3.51. The minimum atomic E-state index is -0.216. The molecule has 1 aromatic carbocycles. The third-order valence-electron chi connectivity index (χ3n) is 2.76. The van der Waals surface area contributed by atoms with Gasteiger partial charge in [-0.2, -0.15) is 0 Å². The van der Waals surface area contributed by atoms with Crippen molar-refractivity contribution in [3.05, 3.63) is 35.5 Å². The SMILES string of the molecule is Cc1cc2cc(CNC(=O)NC(C)(C)C)ccc2[nH]1. The number of aromatic amines is 1. The van der Waals surface area contributed by atoms with Gasteiger partial charge >= 0.3 is 6.03 Å². The molecule has 2 rings (SSSR count). The summed E-state index contributed by atoms with van der Waals surface area (Å²) in [4.78, 5) is 15.0. The Bertz CT molecular complexity index is 593. The average Bonchev–Trinajstić information content (AvgIpc) is 2.63. The zero-order valence-electron chi connectivity index (χ0n) is 11.9. The van der Waals surface area contributed by atoms with Crippen molar-refractivity contribution >= 4 is 16.9 Å². The van der Waals surface area contributed by atoms with E-state index in [9.17, 15) is 4.79 Å². The summed E-state index contributed by atoms with van der Waals surface area (Å²) in [6, 6.07) is 8.12. The van der Waals surface area contributed by atoms with Crippen LogP contribution in [0.4, 0.5) is 4.79 Å². The average molecular weight is 259 g/mol. The van der Waals surface area contributed by atoms with Crippen molar-refractivity contribution in [2.24, 2.45) is 0 Å². The Balaban J connectivity index is 1.99. The molecular formula is C15H21N3O. The van der Waals surface area contributed by atoms with Gasteiger partial charge in [0.2, 0.25) is 0 Å². The Morgan fingerprint density at radius 2 is 2.00 bits per heavy atom. The number of carbonyl (C=O) groups is 1. The van der Waals surface area contributed by atoms with E-state index in [2.05, 4.69) is 27.8 Å². The Hall–Kier alpha value is -1.97. The van der Waals surface area contributed by atoms with Gasteiger partial charge in [-0.25, -0.2) is 4.79 Å². The molecule has 0 bridgehead atoms. The summed E-state index contributed by atoms with van der Waals surface area (Å²) in [7, 11) is 0. The fraction of sp³-hybridized carbons (Fsp3) is 0.400. The number of aryl methyl sites for hydroxylation is 1. The Morgan fingerprint density at radius 1 is 1.26 bits per heavy atom. The van der Waals surface area contributed by atoms with E-state index in [1.165, 1.54) is 5.39 Å². The highest BCUT2D eigenvalue weighted by Gasteiger charge is 2.12. The van der Waals surface area contributed by atoms with Crippen molar-refractivity contribution in [1.29, 1.82) is 0 Å². The zero-order chi connectivity index (χ0) is 14.0. The number of aromatic nitrogens is 1.